The summed E-state index contributed by atoms with van der Waals surface area (Å²) in [6.45, 7) is 10.8. The first kappa shape index (κ1) is 55.2. The molecule has 56 heavy (non-hydrogen) atoms. The molecule has 0 N–H and O–H groups in total. The van der Waals surface area contributed by atoms with E-state index < -0.39 is 42.9 Å². The van der Waals surface area contributed by atoms with E-state index in [1.165, 1.54) is 187 Å². The van der Waals surface area contributed by atoms with Crippen LogP contribution in [0.5, 0.6) is 0 Å². The number of hydrogen-bond donors (Lipinski definition) is 0. The lowest BCUT2D eigenvalue weighted by Crippen LogP contribution is -2.38. The number of alkyl halides is 5. The predicted octanol–water partition coefficient (Wildman–Crippen LogP) is 18.8. The molecular weight excluding hydrogens is 739 g/mol. The molecule has 1 rings (SSSR count). The van der Waals surface area contributed by atoms with E-state index in [9.17, 15) is 30.7 Å². The van der Waals surface area contributed by atoms with Gasteiger partial charge in [-0.15, -0.1) is 0 Å². The normalized spacial score (nSPS) is 12.9. The second kappa shape index (κ2) is 35.0. The van der Waals surface area contributed by atoms with Crippen LogP contribution in [0.15, 0.2) is 18.2 Å². The van der Waals surface area contributed by atoms with Gasteiger partial charge in [-0.05, 0) is 18.6 Å². The lowest BCUT2D eigenvalue weighted by atomic mass is 9.17. The van der Waals surface area contributed by atoms with Crippen molar-refractivity contribution in [2.24, 2.45) is 0 Å². The third-order valence-electron chi connectivity index (χ3n) is 12.2. The van der Waals surface area contributed by atoms with Crippen LogP contribution in [0.3, 0.4) is 0 Å². The van der Waals surface area contributed by atoms with E-state index in [2.05, 4.69) is 27.7 Å². The van der Waals surface area contributed by atoms with Crippen LogP contribution in [-0.2, 0) is 0 Å². The molecule has 1 atom stereocenters. The second-order valence-corrected chi connectivity index (χ2v) is 19.9. The van der Waals surface area contributed by atoms with Gasteiger partial charge in [0.25, 0.3) is 0 Å². The Kier molecular flexibility index (Phi) is 34.5. The number of rotatable bonds is 36. The highest BCUT2D eigenvalue weighted by molar-refractivity contribution is 7.66. The molecule has 1 aromatic carbocycles. The number of halogens is 7. The Hall–Kier alpha value is -0.775. The highest BCUT2D eigenvalue weighted by Crippen LogP contribution is 2.59. The molecule has 0 saturated carbocycles. The van der Waals surface area contributed by atoms with Gasteiger partial charge in [0.15, 0.2) is 5.82 Å². The van der Waals surface area contributed by atoms with Gasteiger partial charge in [-0.3, -0.25) is 0 Å². The largest absolute Gasteiger partial charge is 0.493 e. The van der Waals surface area contributed by atoms with Crippen LogP contribution in [0, 0.1) is 11.6 Å². The summed E-state index contributed by atoms with van der Waals surface area (Å²) in [7, 11) is -3.63. The maximum Gasteiger partial charge on any atom is 0.493 e. The first-order valence-electron chi connectivity index (χ1n) is 23.8. The van der Waals surface area contributed by atoms with E-state index >= 15 is 0 Å². The molecule has 0 amide bonds. The Morgan fingerprint density at radius 3 is 1.02 bits per heavy atom. The summed E-state index contributed by atoms with van der Waals surface area (Å²) in [6, 6.07) is 2.40. The van der Waals surface area contributed by atoms with Crippen LogP contribution >= 0.6 is 7.92 Å². The molecule has 0 spiro atoms. The molecule has 332 valence electrons. The minimum Gasteiger partial charge on any atom is -0.204 e. The summed E-state index contributed by atoms with van der Waals surface area (Å²) >= 11 is 0. The Labute approximate surface area is 343 Å². The monoisotopic (exact) mass is 827 g/mol. The van der Waals surface area contributed by atoms with Gasteiger partial charge in [0.1, 0.15) is 13.2 Å². The van der Waals surface area contributed by atoms with Gasteiger partial charge in [-0.25, -0.2) is 4.39 Å². The van der Waals surface area contributed by atoms with E-state index in [0.717, 1.165) is 12.1 Å². The van der Waals surface area contributed by atoms with Crippen LogP contribution in [0.2, 0.25) is 25.3 Å². The zero-order chi connectivity index (χ0) is 42.0. The summed E-state index contributed by atoms with van der Waals surface area (Å²) in [4.78, 5) is 0. The number of benzene rings is 1. The van der Waals surface area contributed by atoms with Crippen molar-refractivity contribution in [1.29, 1.82) is 0 Å². The van der Waals surface area contributed by atoms with Gasteiger partial charge in [0, 0.05) is 6.15 Å². The number of unbranched alkanes of at least 4 members (excludes halogenated alkanes) is 24. The third-order valence-corrected chi connectivity index (χ3v) is 15.3. The van der Waals surface area contributed by atoms with E-state index in [0.29, 0.717) is 6.07 Å². The molecule has 0 aliphatic heterocycles. The van der Waals surface area contributed by atoms with Crippen molar-refractivity contribution in [3.05, 3.63) is 29.8 Å². The minimum absolute atomic E-state index is 0.0237. The van der Waals surface area contributed by atoms with Crippen molar-refractivity contribution in [2.75, 3.05) is 6.16 Å². The molecule has 1 aromatic rings. The highest BCUT2D eigenvalue weighted by atomic mass is 31.1. The van der Waals surface area contributed by atoms with Crippen LogP contribution in [-0.4, -0.2) is 24.1 Å². The van der Waals surface area contributed by atoms with Gasteiger partial charge < -0.3 is 0 Å². The van der Waals surface area contributed by atoms with Gasteiger partial charge >= 0.3 is 11.8 Å². The van der Waals surface area contributed by atoms with Gasteiger partial charge in [0.2, 0.25) is 5.82 Å². The molecule has 1 unspecified atom stereocenters. The van der Waals surface area contributed by atoms with E-state index in [1.54, 1.807) is 25.3 Å². The topological polar surface area (TPSA) is 0 Å². The van der Waals surface area contributed by atoms with E-state index in [4.69, 9.17) is 0 Å². The summed E-state index contributed by atoms with van der Waals surface area (Å²) in [5.41, 5.74) is -5.01. The average molecular weight is 827 g/mol. The molecule has 9 heteroatoms. The summed E-state index contributed by atoms with van der Waals surface area (Å²) in [6.07, 6.45) is 41.4. The Morgan fingerprint density at radius 2 is 0.732 bits per heavy atom. The first-order chi connectivity index (χ1) is 26.9. The van der Waals surface area contributed by atoms with Crippen molar-refractivity contribution < 1.29 is 30.7 Å². The molecule has 0 bridgehead atoms. The lowest BCUT2D eigenvalue weighted by molar-refractivity contribution is -0.240. The summed E-state index contributed by atoms with van der Waals surface area (Å²) < 4.78 is 90.4. The Morgan fingerprint density at radius 1 is 0.429 bits per heavy atom. The standard InChI is InChI=1S/C36H76B.C11H10F7P/c1-5-9-13-17-21-25-29-33-37(34-30-26-22-18-14-10-6-2,35-31-27-23-19-15-11-7-3)36-32-28-24-20-16-12-8-4;1-2-6-19(11(17,18)10(14,15)16)8-5-3-4-7(12)9(8)13/h5-36H2,1-4H3;3-5H,2,6H2,1H3/q-1;/p+1. The number of hydrogen-bond acceptors (Lipinski definition) is 0. The van der Waals surface area contributed by atoms with Crippen molar-refractivity contribution in [3.8, 4) is 0 Å². The molecule has 0 aliphatic rings. The molecule has 0 aromatic heterocycles. The fraction of sp³-hybridized carbons (Fsp3) is 0.872. The Balaban J connectivity index is 0.00000132. The first-order valence-corrected chi connectivity index (χ1v) is 25.5. The second-order valence-electron chi connectivity index (χ2n) is 17.3. The predicted molar refractivity (Wildman–Crippen MR) is 237 cm³/mol. The summed E-state index contributed by atoms with van der Waals surface area (Å²) in [5.74, 6) is -3.04. The smallest absolute Gasteiger partial charge is 0.204 e. The van der Waals surface area contributed by atoms with Crippen LogP contribution in [0.1, 0.15) is 221 Å². The molecule has 0 nitrogen and oxygen atoms in total. The molecular formula is C47H87BF7P. The summed E-state index contributed by atoms with van der Waals surface area (Å²) in [5, 5.41) is -0.853. The SMILES string of the molecule is CCCCCCCCC[B-](CCCCCCCCC)(CCCCCCCCC)CCCCCCCCC.CCC[PH+](c1cccc(F)c1F)C(F)(F)C(F)(F)F. The maximum atomic E-state index is 13.4. The van der Waals surface area contributed by atoms with Gasteiger partial charge in [-0.2, -0.15) is 51.6 Å². The van der Waals surface area contributed by atoms with Gasteiger partial charge in [0.05, 0.1) is 6.16 Å². The van der Waals surface area contributed by atoms with Crippen LogP contribution in [0.4, 0.5) is 30.7 Å². The molecule has 0 aliphatic carbocycles. The van der Waals surface area contributed by atoms with Crippen LogP contribution < -0.4 is 5.30 Å². The highest BCUT2D eigenvalue weighted by Gasteiger charge is 2.69. The molecule has 0 radical (unpaired) electrons. The minimum atomic E-state index is -5.77. The zero-order valence-corrected chi connectivity index (χ0v) is 38.0. The molecule has 0 saturated heterocycles. The quantitative estimate of drug-likeness (QED) is 0.0274. The average Bonchev–Trinajstić information content (AvgIpc) is 3.16. The van der Waals surface area contributed by atoms with Crippen molar-refractivity contribution in [3.63, 3.8) is 0 Å². The fourth-order valence-corrected chi connectivity index (χ4v) is 11.1. The lowest BCUT2D eigenvalue weighted by Gasteiger charge is -2.41. The van der Waals surface area contributed by atoms with E-state index in [1.807, 2.05) is 0 Å². The van der Waals surface area contributed by atoms with E-state index in [-0.39, 0.29) is 12.6 Å². The molecule has 0 fully saturated rings. The van der Waals surface area contributed by atoms with Gasteiger partial charge in [-0.1, -0.05) is 220 Å². The van der Waals surface area contributed by atoms with Crippen LogP contribution in [0.25, 0.3) is 0 Å². The zero-order valence-electron chi connectivity index (χ0n) is 37.0. The third kappa shape index (κ3) is 25.7. The van der Waals surface area contributed by atoms with Crippen molar-refractivity contribution >= 4 is 19.4 Å². The Bertz CT molecular complexity index is 941. The maximum absolute atomic E-state index is 13.4. The fourth-order valence-electron chi connectivity index (χ4n) is 8.62. The molecule has 0 heterocycles. The van der Waals surface area contributed by atoms with Crippen molar-refractivity contribution in [1.82, 2.24) is 0 Å². The van der Waals surface area contributed by atoms with Crippen molar-refractivity contribution in [2.45, 2.75) is 258 Å².